The van der Waals surface area contributed by atoms with Gasteiger partial charge in [0.15, 0.2) is 5.78 Å². The van der Waals surface area contributed by atoms with Crippen molar-refractivity contribution in [2.75, 3.05) is 6.61 Å². The summed E-state index contributed by atoms with van der Waals surface area (Å²) in [6.45, 7) is 12.6. The summed E-state index contributed by atoms with van der Waals surface area (Å²) in [5.74, 6) is -0.0816. The van der Waals surface area contributed by atoms with Gasteiger partial charge in [0.1, 0.15) is 12.4 Å². The van der Waals surface area contributed by atoms with Crippen LogP contribution in [0.1, 0.15) is 68.7 Å². The van der Waals surface area contributed by atoms with E-state index < -0.39 is 11.9 Å². The third-order valence-corrected chi connectivity index (χ3v) is 7.23. The summed E-state index contributed by atoms with van der Waals surface area (Å²) in [7, 11) is 0. The molecule has 190 valence electrons. The van der Waals surface area contributed by atoms with Crippen LogP contribution >= 0.6 is 11.6 Å². The van der Waals surface area contributed by atoms with Crippen molar-refractivity contribution in [1.29, 1.82) is 0 Å². The highest BCUT2D eigenvalue weighted by molar-refractivity contribution is 6.30. The molecule has 0 fully saturated rings. The molecule has 2 aromatic rings. The molecule has 2 aliphatic rings. The first-order chi connectivity index (χ1) is 17.0. The summed E-state index contributed by atoms with van der Waals surface area (Å²) >= 11 is 6.00. The standard InChI is InChI=1S/C30H34ClNO4/c1-7-35-29(34)26-19(4)32-24-14-30(5,6)15-25(33)28(24)27(26)23-13-20(17(2)12-18(23)3)16-36-22-10-8-21(31)9-11-22/h8-13,27,32H,7,14-16H2,1-6H3/t27-/m1/s1. The lowest BCUT2D eigenvalue weighted by atomic mass is 9.68. The molecule has 0 aromatic heterocycles. The molecule has 4 rings (SSSR count). The molecule has 2 aromatic carbocycles. The van der Waals surface area contributed by atoms with Crippen molar-refractivity contribution in [3.05, 3.63) is 86.2 Å². The molecule has 1 atom stereocenters. The van der Waals surface area contributed by atoms with Gasteiger partial charge in [-0.2, -0.15) is 0 Å². The fraction of sp³-hybridized carbons (Fsp3) is 0.400. The van der Waals surface area contributed by atoms with Crippen LogP contribution in [0.2, 0.25) is 5.02 Å². The highest BCUT2D eigenvalue weighted by Gasteiger charge is 2.43. The van der Waals surface area contributed by atoms with Crippen molar-refractivity contribution in [1.82, 2.24) is 5.32 Å². The molecule has 0 bridgehead atoms. The molecule has 0 unspecified atom stereocenters. The Balaban J connectivity index is 1.81. The monoisotopic (exact) mass is 507 g/mol. The predicted octanol–water partition coefficient (Wildman–Crippen LogP) is 6.70. The van der Waals surface area contributed by atoms with Gasteiger partial charge in [-0.1, -0.05) is 37.6 Å². The van der Waals surface area contributed by atoms with E-state index in [9.17, 15) is 9.59 Å². The van der Waals surface area contributed by atoms with Gasteiger partial charge in [0, 0.05) is 34.3 Å². The van der Waals surface area contributed by atoms with Gasteiger partial charge in [0.05, 0.1) is 12.2 Å². The largest absolute Gasteiger partial charge is 0.489 e. The zero-order valence-corrected chi connectivity index (χ0v) is 22.6. The van der Waals surface area contributed by atoms with Crippen LogP contribution in [0.3, 0.4) is 0 Å². The Bertz CT molecular complexity index is 1270. The third-order valence-electron chi connectivity index (χ3n) is 6.98. The maximum absolute atomic E-state index is 13.6. The van der Waals surface area contributed by atoms with Gasteiger partial charge in [-0.05, 0) is 86.1 Å². The highest BCUT2D eigenvalue weighted by Crippen LogP contribution is 2.47. The number of ether oxygens (including phenoxy) is 2. The average molecular weight is 508 g/mol. The second-order valence-electron chi connectivity index (χ2n) is 10.5. The number of Topliss-reactive ketones (excluding diaryl/α,β-unsaturated/α-hetero) is 1. The van der Waals surface area contributed by atoms with Gasteiger partial charge < -0.3 is 14.8 Å². The van der Waals surface area contributed by atoms with Gasteiger partial charge >= 0.3 is 5.97 Å². The van der Waals surface area contributed by atoms with E-state index in [1.807, 2.05) is 32.9 Å². The minimum absolute atomic E-state index is 0.0759. The zero-order chi connectivity index (χ0) is 26.2. The van der Waals surface area contributed by atoms with E-state index in [2.05, 4.69) is 31.3 Å². The lowest BCUT2D eigenvalue weighted by Gasteiger charge is -2.40. The number of aryl methyl sites for hydroxylation is 2. The summed E-state index contributed by atoms with van der Waals surface area (Å²) in [6.07, 6.45) is 1.19. The number of esters is 1. The Kier molecular flexibility index (Phi) is 7.33. The average Bonchev–Trinajstić information content (AvgIpc) is 2.78. The van der Waals surface area contributed by atoms with Crippen LogP contribution in [0.5, 0.6) is 5.75 Å². The second kappa shape index (κ2) is 10.1. The molecule has 0 saturated carbocycles. The Labute approximate surface area is 218 Å². The SMILES string of the molecule is CCOC(=O)C1=C(C)NC2=C(C(=O)CC(C)(C)C2)[C@@H]1c1cc(COc2ccc(Cl)cc2)c(C)cc1C. The first-order valence-corrected chi connectivity index (χ1v) is 12.8. The van der Waals surface area contributed by atoms with Crippen molar-refractivity contribution < 1.29 is 19.1 Å². The number of ketones is 1. The normalized spacial score (nSPS) is 19.1. The Morgan fingerprint density at radius 2 is 1.78 bits per heavy atom. The number of dihydropyridines is 1. The number of hydrogen-bond acceptors (Lipinski definition) is 5. The van der Waals surface area contributed by atoms with Crippen LogP contribution in [0.15, 0.2) is 58.9 Å². The lowest BCUT2D eigenvalue weighted by Crippen LogP contribution is -2.39. The molecule has 6 heteroatoms. The first-order valence-electron chi connectivity index (χ1n) is 12.4. The van der Waals surface area contributed by atoms with Crippen LogP contribution in [-0.2, 0) is 20.9 Å². The van der Waals surface area contributed by atoms with Crippen molar-refractivity contribution in [2.45, 2.75) is 66.9 Å². The Hall–Kier alpha value is -3.05. The number of rotatable bonds is 6. The van der Waals surface area contributed by atoms with Gasteiger partial charge in [-0.15, -0.1) is 0 Å². The molecule has 0 saturated heterocycles. The quantitative estimate of drug-likeness (QED) is 0.440. The molecule has 36 heavy (non-hydrogen) atoms. The van der Waals surface area contributed by atoms with Crippen LogP contribution in [0.25, 0.3) is 0 Å². The highest BCUT2D eigenvalue weighted by atomic mass is 35.5. The van der Waals surface area contributed by atoms with E-state index in [4.69, 9.17) is 21.1 Å². The summed E-state index contributed by atoms with van der Waals surface area (Å²) in [4.78, 5) is 26.8. The lowest BCUT2D eigenvalue weighted by molar-refractivity contribution is -0.138. The molecule has 1 heterocycles. The van der Waals surface area contributed by atoms with E-state index in [-0.39, 0.29) is 17.8 Å². The number of halogens is 1. The van der Waals surface area contributed by atoms with Crippen LogP contribution in [-0.4, -0.2) is 18.4 Å². The van der Waals surface area contributed by atoms with E-state index in [1.165, 1.54) is 0 Å². The van der Waals surface area contributed by atoms with Crippen LogP contribution in [0.4, 0.5) is 0 Å². The number of allylic oxidation sites excluding steroid dienone is 3. The van der Waals surface area contributed by atoms with Gasteiger partial charge in [-0.25, -0.2) is 4.79 Å². The first kappa shape index (κ1) is 26.0. The minimum atomic E-state index is -0.487. The molecular weight excluding hydrogens is 474 g/mol. The van der Waals surface area contributed by atoms with E-state index in [1.54, 1.807) is 19.1 Å². The number of nitrogens with one attached hydrogen (secondary N) is 1. The smallest absolute Gasteiger partial charge is 0.336 e. The van der Waals surface area contributed by atoms with Crippen molar-refractivity contribution in [3.63, 3.8) is 0 Å². The van der Waals surface area contributed by atoms with E-state index >= 15 is 0 Å². The molecule has 1 aliphatic heterocycles. The minimum Gasteiger partial charge on any atom is -0.489 e. The van der Waals surface area contributed by atoms with Gasteiger partial charge in [0.25, 0.3) is 0 Å². The van der Waals surface area contributed by atoms with Crippen molar-refractivity contribution in [3.8, 4) is 5.75 Å². The number of carbonyl (C=O) groups excluding carboxylic acids is 2. The molecule has 1 aliphatic carbocycles. The zero-order valence-electron chi connectivity index (χ0n) is 21.9. The van der Waals surface area contributed by atoms with Gasteiger partial charge in [0.2, 0.25) is 0 Å². The third kappa shape index (κ3) is 5.22. The molecule has 5 nitrogen and oxygen atoms in total. The van der Waals surface area contributed by atoms with Crippen molar-refractivity contribution >= 4 is 23.4 Å². The summed E-state index contributed by atoms with van der Waals surface area (Å²) in [6, 6.07) is 11.5. The fourth-order valence-electron chi connectivity index (χ4n) is 5.30. The van der Waals surface area contributed by atoms with Gasteiger partial charge in [-0.3, -0.25) is 4.79 Å². The maximum Gasteiger partial charge on any atom is 0.336 e. The predicted molar refractivity (Wildman–Crippen MR) is 142 cm³/mol. The fourth-order valence-corrected chi connectivity index (χ4v) is 5.43. The molecule has 1 N–H and O–H groups in total. The molecular formula is C30H34ClNO4. The maximum atomic E-state index is 13.6. The van der Waals surface area contributed by atoms with Crippen molar-refractivity contribution in [2.24, 2.45) is 5.41 Å². The Morgan fingerprint density at radius 1 is 1.08 bits per heavy atom. The number of benzene rings is 2. The van der Waals surface area contributed by atoms with Crippen LogP contribution in [0, 0.1) is 19.3 Å². The van der Waals surface area contributed by atoms with E-state index in [0.29, 0.717) is 29.2 Å². The summed E-state index contributed by atoms with van der Waals surface area (Å²) in [5.41, 5.74) is 6.72. The van der Waals surface area contributed by atoms with E-state index in [0.717, 1.165) is 45.8 Å². The van der Waals surface area contributed by atoms with Crippen LogP contribution < -0.4 is 10.1 Å². The Morgan fingerprint density at radius 3 is 2.44 bits per heavy atom. The molecule has 0 spiro atoms. The second-order valence-corrected chi connectivity index (χ2v) is 11.0. The number of hydrogen-bond donors (Lipinski definition) is 1. The summed E-state index contributed by atoms with van der Waals surface area (Å²) < 4.78 is 11.5. The molecule has 0 amide bonds. The molecule has 0 radical (unpaired) electrons. The summed E-state index contributed by atoms with van der Waals surface area (Å²) in [5, 5.41) is 4.05. The topological polar surface area (TPSA) is 64.6 Å². The number of carbonyl (C=O) groups is 2.